The van der Waals surface area contributed by atoms with Crippen molar-refractivity contribution in [2.75, 3.05) is 5.75 Å². The Morgan fingerprint density at radius 1 is 1.17 bits per heavy atom. The summed E-state index contributed by atoms with van der Waals surface area (Å²) in [6.45, 7) is 2.15. The van der Waals surface area contributed by atoms with Crippen molar-refractivity contribution < 1.29 is 14.3 Å². The highest BCUT2D eigenvalue weighted by Gasteiger charge is 2.47. The van der Waals surface area contributed by atoms with Gasteiger partial charge in [-0.25, -0.2) is 0 Å². The molecule has 1 aliphatic carbocycles. The minimum absolute atomic E-state index is 0.0442. The Hall–Kier alpha value is -1.29. The summed E-state index contributed by atoms with van der Waals surface area (Å²) in [6, 6.07) is 8.63. The molecule has 1 heterocycles. The average molecular weight is 346 g/mol. The Labute approximate surface area is 148 Å². The van der Waals surface area contributed by atoms with Gasteiger partial charge in [-0.05, 0) is 55.1 Å². The molecule has 0 N–H and O–H groups in total. The second-order valence-corrected chi connectivity index (χ2v) is 8.33. The molecule has 0 amide bonds. The lowest BCUT2D eigenvalue weighted by Gasteiger charge is -2.41. The van der Waals surface area contributed by atoms with E-state index in [9.17, 15) is 9.59 Å². The SMILES string of the molecule is CCSc1ccc(CCC2(C3CCCC3)CC(=O)CC(=O)O2)cc1. The average Bonchev–Trinajstić information content (AvgIpc) is 3.09. The highest BCUT2D eigenvalue weighted by molar-refractivity contribution is 7.99. The van der Waals surface area contributed by atoms with Gasteiger partial charge in [-0.2, -0.15) is 0 Å². The fourth-order valence-corrected chi connectivity index (χ4v) is 4.82. The van der Waals surface area contributed by atoms with E-state index in [1.165, 1.54) is 23.3 Å². The standard InChI is InChI=1S/C20H26O3S/c1-2-24-18-9-7-15(8-10-18)11-12-20(16-5-3-4-6-16)14-17(21)13-19(22)23-20/h7-10,16H,2-6,11-14H2,1H3. The van der Waals surface area contributed by atoms with Gasteiger partial charge in [0.2, 0.25) is 0 Å². The molecule has 1 saturated carbocycles. The van der Waals surface area contributed by atoms with Crippen molar-refractivity contribution in [2.24, 2.45) is 5.92 Å². The molecule has 3 nitrogen and oxygen atoms in total. The topological polar surface area (TPSA) is 43.4 Å². The minimum atomic E-state index is -0.556. The normalized spacial score (nSPS) is 25.0. The quantitative estimate of drug-likeness (QED) is 0.430. The van der Waals surface area contributed by atoms with E-state index in [0.29, 0.717) is 12.3 Å². The number of aryl methyl sites for hydroxylation is 1. The Kier molecular flexibility index (Phi) is 5.65. The van der Waals surface area contributed by atoms with Gasteiger partial charge in [0.1, 0.15) is 17.8 Å². The molecule has 2 fully saturated rings. The van der Waals surface area contributed by atoms with Crippen LogP contribution in [0.5, 0.6) is 0 Å². The van der Waals surface area contributed by atoms with Crippen LogP contribution in [0.15, 0.2) is 29.2 Å². The molecule has 1 atom stereocenters. The fraction of sp³-hybridized carbons (Fsp3) is 0.600. The minimum Gasteiger partial charge on any atom is -0.458 e. The van der Waals surface area contributed by atoms with Crippen molar-refractivity contribution in [1.29, 1.82) is 0 Å². The van der Waals surface area contributed by atoms with Crippen LogP contribution in [0.4, 0.5) is 0 Å². The fourth-order valence-electron chi connectivity index (χ4n) is 4.15. The summed E-state index contributed by atoms with van der Waals surface area (Å²) in [5.74, 6) is 1.14. The maximum atomic E-state index is 12.1. The van der Waals surface area contributed by atoms with Crippen molar-refractivity contribution in [1.82, 2.24) is 0 Å². The van der Waals surface area contributed by atoms with Crippen LogP contribution in [-0.4, -0.2) is 23.1 Å². The number of hydrogen-bond donors (Lipinski definition) is 0. The highest BCUT2D eigenvalue weighted by Crippen LogP contribution is 2.43. The maximum Gasteiger partial charge on any atom is 0.313 e. The lowest BCUT2D eigenvalue weighted by atomic mass is 9.76. The van der Waals surface area contributed by atoms with Crippen LogP contribution in [0.3, 0.4) is 0 Å². The summed E-state index contributed by atoms with van der Waals surface area (Å²) < 4.78 is 5.85. The summed E-state index contributed by atoms with van der Waals surface area (Å²) in [5, 5.41) is 0. The van der Waals surface area contributed by atoms with E-state index in [4.69, 9.17) is 4.74 Å². The van der Waals surface area contributed by atoms with Crippen LogP contribution < -0.4 is 0 Å². The molecule has 1 aromatic carbocycles. The number of ether oxygens (including phenoxy) is 1. The number of esters is 1. The zero-order chi connectivity index (χ0) is 17.0. The third-order valence-electron chi connectivity index (χ3n) is 5.33. The molecular formula is C20H26O3S. The first kappa shape index (κ1) is 17.5. The number of carbonyl (C=O) groups is 2. The molecule has 0 radical (unpaired) electrons. The van der Waals surface area contributed by atoms with Crippen molar-refractivity contribution in [2.45, 2.75) is 68.8 Å². The number of thioether (sulfide) groups is 1. The van der Waals surface area contributed by atoms with Crippen molar-refractivity contribution in [3.05, 3.63) is 29.8 Å². The van der Waals surface area contributed by atoms with Gasteiger partial charge >= 0.3 is 5.97 Å². The predicted octanol–water partition coefficient (Wildman–Crippen LogP) is 4.57. The van der Waals surface area contributed by atoms with E-state index in [-0.39, 0.29) is 18.2 Å². The first-order chi connectivity index (χ1) is 11.6. The third kappa shape index (κ3) is 4.02. The lowest BCUT2D eigenvalue weighted by molar-refractivity contribution is -0.178. The molecular weight excluding hydrogens is 320 g/mol. The number of cyclic esters (lactones) is 1. The van der Waals surface area contributed by atoms with Gasteiger partial charge in [-0.3, -0.25) is 9.59 Å². The number of hydrogen-bond acceptors (Lipinski definition) is 4. The van der Waals surface area contributed by atoms with E-state index in [2.05, 4.69) is 31.2 Å². The van der Waals surface area contributed by atoms with E-state index in [1.54, 1.807) is 0 Å². The molecule has 4 heteroatoms. The molecule has 0 aromatic heterocycles. The monoisotopic (exact) mass is 346 g/mol. The maximum absolute atomic E-state index is 12.1. The third-order valence-corrected chi connectivity index (χ3v) is 6.22. The Balaban J connectivity index is 1.72. The number of carbonyl (C=O) groups excluding carboxylic acids is 2. The molecule has 1 saturated heterocycles. The predicted molar refractivity (Wildman–Crippen MR) is 96.2 cm³/mol. The van der Waals surface area contributed by atoms with Crippen LogP contribution >= 0.6 is 11.8 Å². The molecule has 0 bridgehead atoms. The molecule has 1 unspecified atom stereocenters. The van der Waals surface area contributed by atoms with Gasteiger partial charge in [-0.1, -0.05) is 31.9 Å². The molecule has 0 spiro atoms. The smallest absolute Gasteiger partial charge is 0.313 e. The number of benzene rings is 1. The zero-order valence-corrected chi connectivity index (χ0v) is 15.2. The number of rotatable bonds is 6. The number of ketones is 1. The van der Waals surface area contributed by atoms with Crippen molar-refractivity contribution >= 4 is 23.5 Å². The number of Topliss-reactive ketones (excluding diaryl/α,β-unsaturated/α-hetero) is 1. The second-order valence-electron chi connectivity index (χ2n) is 6.99. The van der Waals surface area contributed by atoms with Crippen LogP contribution in [0, 0.1) is 5.92 Å². The van der Waals surface area contributed by atoms with Crippen LogP contribution in [0.25, 0.3) is 0 Å². The molecule has 24 heavy (non-hydrogen) atoms. The highest BCUT2D eigenvalue weighted by atomic mass is 32.2. The molecule has 130 valence electrons. The van der Waals surface area contributed by atoms with Gasteiger partial charge in [0.25, 0.3) is 0 Å². The van der Waals surface area contributed by atoms with Crippen molar-refractivity contribution in [3.8, 4) is 0 Å². The summed E-state index contributed by atoms with van der Waals surface area (Å²) in [5.41, 5.74) is 0.696. The van der Waals surface area contributed by atoms with Gasteiger partial charge in [0.15, 0.2) is 0 Å². The van der Waals surface area contributed by atoms with Crippen LogP contribution in [-0.2, 0) is 20.7 Å². The van der Waals surface area contributed by atoms with E-state index >= 15 is 0 Å². The summed E-state index contributed by atoms with van der Waals surface area (Å²) in [7, 11) is 0. The van der Waals surface area contributed by atoms with Gasteiger partial charge < -0.3 is 4.74 Å². The van der Waals surface area contributed by atoms with Crippen molar-refractivity contribution in [3.63, 3.8) is 0 Å². The molecule has 3 rings (SSSR count). The summed E-state index contributed by atoms with van der Waals surface area (Å²) in [6.07, 6.45) is 6.50. The van der Waals surface area contributed by atoms with Gasteiger partial charge in [0, 0.05) is 11.3 Å². The summed E-state index contributed by atoms with van der Waals surface area (Å²) >= 11 is 1.84. The largest absolute Gasteiger partial charge is 0.458 e. The Morgan fingerprint density at radius 3 is 2.50 bits per heavy atom. The van der Waals surface area contributed by atoms with Crippen LogP contribution in [0.1, 0.15) is 57.4 Å². The lowest BCUT2D eigenvalue weighted by Crippen LogP contribution is -2.48. The Bertz CT molecular complexity index is 571. The molecule has 2 aliphatic rings. The van der Waals surface area contributed by atoms with Gasteiger partial charge in [-0.15, -0.1) is 11.8 Å². The second kappa shape index (κ2) is 7.73. The Morgan fingerprint density at radius 2 is 1.88 bits per heavy atom. The summed E-state index contributed by atoms with van der Waals surface area (Å²) in [4.78, 5) is 25.3. The first-order valence-corrected chi connectivity index (χ1v) is 10.0. The van der Waals surface area contributed by atoms with E-state index in [1.807, 2.05) is 11.8 Å². The van der Waals surface area contributed by atoms with Gasteiger partial charge in [0.05, 0.1) is 0 Å². The molecule has 1 aromatic rings. The van der Waals surface area contributed by atoms with E-state index < -0.39 is 5.60 Å². The first-order valence-electron chi connectivity index (χ1n) is 9.06. The zero-order valence-electron chi connectivity index (χ0n) is 14.4. The van der Waals surface area contributed by atoms with E-state index in [0.717, 1.165) is 31.4 Å². The van der Waals surface area contributed by atoms with Crippen LogP contribution in [0.2, 0.25) is 0 Å². The molecule has 1 aliphatic heterocycles.